The molecule has 0 spiro atoms. The minimum absolute atomic E-state index is 0.00547. The van der Waals surface area contributed by atoms with Crippen molar-refractivity contribution in [3.05, 3.63) is 52.0 Å². The molecule has 2 aromatic carbocycles. The molecule has 1 atom stereocenters. The fraction of sp³-hybridized carbons (Fsp3) is 0.435. The van der Waals surface area contributed by atoms with E-state index in [2.05, 4.69) is 9.36 Å². The Balaban J connectivity index is 2.79. The van der Waals surface area contributed by atoms with Crippen LogP contribution in [0.5, 0.6) is 0 Å². The summed E-state index contributed by atoms with van der Waals surface area (Å²) in [5.74, 6) is -0.351. The molecule has 0 saturated heterocycles. The summed E-state index contributed by atoms with van der Waals surface area (Å²) in [5.41, 5.74) is -2.93. The largest absolute Gasteiger partial charge is 0.416 e. The first kappa shape index (κ1) is 29.0. The lowest BCUT2D eigenvalue weighted by Gasteiger charge is -2.18. The molecule has 0 aliphatic heterocycles. The summed E-state index contributed by atoms with van der Waals surface area (Å²) in [4.78, 5) is 6.20. The lowest BCUT2D eigenvalue weighted by Crippen LogP contribution is -2.14. The zero-order valence-electron chi connectivity index (χ0n) is 19.8. The number of nitrogens with zero attached hydrogens (tertiary/aromatic N) is 3. The number of rotatable bonds is 7. The van der Waals surface area contributed by atoms with Gasteiger partial charge in [-0.15, -0.1) is 0 Å². The van der Waals surface area contributed by atoms with Crippen LogP contribution in [-0.2, 0) is 22.1 Å². The lowest BCUT2D eigenvalue weighted by molar-refractivity contribution is -0.143. The van der Waals surface area contributed by atoms with Crippen LogP contribution in [0.15, 0.2) is 44.6 Å². The smallest absolute Gasteiger partial charge is 0.366 e. The Bertz CT molecular complexity index is 1180. The van der Waals surface area contributed by atoms with Gasteiger partial charge in [-0.05, 0) is 55.7 Å². The van der Waals surface area contributed by atoms with E-state index in [1.54, 1.807) is 45.1 Å². The molecule has 0 aliphatic carbocycles. The van der Waals surface area contributed by atoms with Crippen LogP contribution < -0.4 is 0 Å². The topological polar surface area (TPSA) is 45.0 Å². The van der Waals surface area contributed by atoms with E-state index in [4.69, 9.17) is 11.6 Å². The molecule has 1 unspecified atom stereocenters. The molecule has 0 aliphatic rings. The monoisotopic (exact) mass is 541 g/mol. The van der Waals surface area contributed by atoms with Crippen molar-refractivity contribution < 1.29 is 30.6 Å². The summed E-state index contributed by atoms with van der Waals surface area (Å²) in [6.45, 7) is 7.66. The Kier molecular flexibility index (Phi) is 8.92. The van der Waals surface area contributed by atoms with Crippen LogP contribution in [0.3, 0.4) is 0 Å². The van der Waals surface area contributed by atoms with Gasteiger partial charge in [0.05, 0.1) is 48.5 Å². The van der Waals surface area contributed by atoms with Crippen LogP contribution in [0.25, 0.3) is 0 Å². The van der Waals surface area contributed by atoms with Crippen LogP contribution in [-0.4, -0.2) is 34.8 Å². The highest BCUT2D eigenvalue weighted by Gasteiger charge is 2.37. The molecule has 194 valence electrons. The fourth-order valence-corrected chi connectivity index (χ4v) is 5.97. The van der Waals surface area contributed by atoms with E-state index >= 15 is 0 Å². The number of benzene rings is 2. The summed E-state index contributed by atoms with van der Waals surface area (Å²) in [5, 5.41) is 0.123. The van der Waals surface area contributed by atoms with Crippen molar-refractivity contribution in [2.75, 3.05) is 19.3 Å². The van der Waals surface area contributed by atoms with Gasteiger partial charge in [0.2, 0.25) is 0 Å². The first-order chi connectivity index (χ1) is 16.0. The van der Waals surface area contributed by atoms with Gasteiger partial charge < -0.3 is 4.90 Å². The minimum Gasteiger partial charge on any atom is -0.366 e. The van der Waals surface area contributed by atoms with Crippen LogP contribution in [0.2, 0.25) is 5.02 Å². The summed E-state index contributed by atoms with van der Waals surface area (Å²) in [6.07, 6.45) is -8.54. The third-order valence-electron chi connectivity index (χ3n) is 4.87. The summed E-state index contributed by atoms with van der Waals surface area (Å²) >= 11 is 6.35. The highest BCUT2D eigenvalue weighted by molar-refractivity contribution is 7.93. The number of hydrogen-bond donors (Lipinski definition) is 0. The van der Waals surface area contributed by atoms with Gasteiger partial charge >= 0.3 is 12.4 Å². The molecule has 0 heterocycles. The van der Waals surface area contributed by atoms with Crippen molar-refractivity contribution in [2.24, 2.45) is 15.3 Å². The van der Waals surface area contributed by atoms with E-state index in [0.717, 1.165) is 0 Å². The van der Waals surface area contributed by atoms with Gasteiger partial charge in [0.1, 0.15) is 0 Å². The van der Waals surface area contributed by atoms with Gasteiger partial charge in [0.25, 0.3) is 0 Å². The second kappa shape index (κ2) is 10.8. The van der Waals surface area contributed by atoms with Crippen molar-refractivity contribution in [2.45, 2.75) is 44.9 Å². The zero-order chi connectivity index (χ0) is 26.8. The van der Waals surface area contributed by atoms with Crippen molar-refractivity contribution in [3.63, 3.8) is 0 Å². The van der Waals surface area contributed by atoms with Crippen molar-refractivity contribution >= 4 is 39.0 Å². The average molecular weight is 542 g/mol. The Labute approximate surface area is 206 Å². The quantitative estimate of drug-likeness (QED) is 0.202. The van der Waals surface area contributed by atoms with Gasteiger partial charge in [0.15, 0.2) is 0 Å². The number of aliphatic imine (C=N–C) groups is 1. The third kappa shape index (κ3) is 7.60. The van der Waals surface area contributed by atoms with E-state index < -0.39 is 38.9 Å². The molecule has 4 nitrogen and oxygen atoms in total. The van der Waals surface area contributed by atoms with Gasteiger partial charge in [0, 0.05) is 19.3 Å². The molecule has 2 rings (SSSR count). The fourth-order valence-electron chi connectivity index (χ4n) is 3.12. The highest BCUT2D eigenvalue weighted by Crippen LogP contribution is 2.40. The van der Waals surface area contributed by atoms with Crippen molar-refractivity contribution in [3.8, 4) is 0 Å². The van der Waals surface area contributed by atoms with E-state index in [1.165, 1.54) is 6.07 Å². The molecular weight excluding hydrogens is 516 g/mol. The van der Waals surface area contributed by atoms with E-state index in [0.29, 0.717) is 29.9 Å². The normalized spacial score (nSPS) is 14.4. The molecule has 0 fully saturated rings. The average Bonchev–Trinajstić information content (AvgIpc) is 2.71. The second-order valence-corrected chi connectivity index (χ2v) is 11.1. The third-order valence-corrected chi connectivity index (χ3v) is 7.92. The van der Waals surface area contributed by atoms with Gasteiger partial charge in [-0.2, -0.15) is 30.7 Å². The maximum absolute atomic E-state index is 14.1. The first-order valence-corrected chi connectivity index (χ1v) is 12.6. The second-order valence-electron chi connectivity index (χ2n) is 8.44. The Morgan fingerprint density at radius 3 is 2.03 bits per heavy atom. The van der Waals surface area contributed by atoms with Crippen molar-refractivity contribution in [1.82, 2.24) is 4.90 Å². The lowest BCUT2D eigenvalue weighted by atomic mass is 10.1. The summed E-state index contributed by atoms with van der Waals surface area (Å²) in [6, 6.07) is 3.85. The Hall–Kier alpha value is -2.27. The number of halogens is 7. The highest BCUT2D eigenvalue weighted by atomic mass is 35.5. The van der Waals surface area contributed by atoms with E-state index in [-0.39, 0.29) is 27.7 Å². The first-order valence-electron chi connectivity index (χ1n) is 10.5. The van der Waals surface area contributed by atoms with Crippen LogP contribution >= 0.6 is 11.6 Å². The molecule has 35 heavy (non-hydrogen) atoms. The number of aryl methyl sites for hydroxylation is 1. The molecule has 2 aromatic rings. The molecule has 12 heteroatoms. The Morgan fingerprint density at radius 2 is 1.57 bits per heavy atom. The summed E-state index contributed by atoms with van der Waals surface area (Å²) in [7, 11) is -1.70. The van der Waals surface area contributed by atoms with E-state index in [1.807, 2.05) is 6.92 Å². The van der Waals surface area contributed by atoms with Gasteiger partial charge in [-0.3, -0.25) is 0 Å². The van der Waals surface area contributed by atoms with Gasteiger partial charge in [-0.25, -0.2) is 9.20 Å². The summed E-state index contributed by atoms with van der Waals surface area (Å²) < 4.78 is 97.9. The molecule has 0 bridgehead atoms. The maximum Gasteiger partial charge on any atom is 0.416 e. The predicted octanol–water partition coefficient (Wildman–Crippen LogP) is 8.11. The molecule has 0 amide bonds. The SMILES string of the molecule is CCN(C)C=Nc1cc(C)c(S(=O)(CC(C)C)=Nc2cc(C(F)(F)F)cc(C(F)(F)F)c2)cc1Cl. The van der Waals surface area contributed by atoms with Crippen molar-refractivity contribution in [1.29, 1.82) is 0 Å². The zero-order valence-corrected chi connectivity index (χ0v) is 21.3. The van der Waals surface area contributed by atoms with Crippen LogP contribution in [0.1, 0.15) is 37.5 Å². The minimum atomic E-state index is -5.05. The Morgan fingerprint density at radius 1 is 1.03 bits per heavy atom. The van der Waals surface area contributed by atoms with Crippen LogP contribution in [0.4, 0.5) is 37.7 Å². The van der Waals surface area contributed by atoms with Gasteiger partial charge in [-0.1, -0.05) is 25.4 Å². The predicted molar refractivity (Wildman–Crippen MR) is 127 cm³/mol. The molecule has 0 N–H and O–H groups in total. The molecule has 0 radical (unpaired) electrons. The number of alkyl halides is 6. The standard InChI is InChI=1S/C23H26ClF6N3OS/c1-6-33(5)13-31-20-7-15(4)21(11-19(20)24)35(34,12-14(2)3)32-18-9-16(22(25,26)27)8-17(10-18)23(28,29)30/h7-11,13-14H,6,12H2,1-5H3. The van der Waals surface area contributed by atoms with E-state index in [9.17, 15) is 30.6 Å². The molecular formula is C23H26ClF6N3OS. The van der Waals surface area contributed by atoms with Crippen LogP contribution in [0, 0.1) is 12.8 Å². The molecule has 0 aromatic heterocycles. The maximum atomic E-state index is 14.1. The number of hydrogen-bond acceptors (Lipinski definition) is 3. The molecule has 0 saturated carbocycles.